The van der Waals surface area contributed by atoms with E-state index in [9.17, 15) is 13.2 Å². The van der Waals surface area contributed by atoms with Crippen LogP contribution in [0.2, 0.25) is 0 Å². The zero-order valence-electron chi connectivity index (χ0n) is 8.88. The van der Waals surface area contributed by atoms with Crippen LogP contribution in [-0.4, -0.2) is 19.8 Å². The first-order valence-corrected chi connectivity index (χ1v) is 5.47. The van der Waals surface area contributed by atoms with E-state index in [1.807, 2.05) is 0 Å². The molecule has 0 heterocycles. The molecule has 0 atom stereocenters. The molecule has 1 rings (SSSR count). The molecule has 0 radical (unpaired) electrons. The molecule has 3 nitrogen and oxygen atoms in total. The van der Waals surface area contributed by atoms with Crippen molar-refractivity contribution in [2.75, 3.05) is 13.4 Å². The molecule has 0 bridgehead atoms. The van der Waals surface area contributed by atoms with Crippen molar-refractivity contribution in [3.05, 3.63) is 22.7 Å². The molecule has 7 heteroatoms. The highest BCUT2D eigenvalue weighted by atomic mass is 79.9. The van der Waals surface area contributed by atoms with Gasteiger partial charge in [0, 0.05) is 6.61 Å². The largest absolute Gasteiger partial charge is 0.573 e. The third-order valence-corrected chi connectivity index (χ3v) is 2.26. The summed E-state index contributed by atoms with van der Waals surface area (Å²) in [6.07, 6.45) is -4.71. The minimum Gasteiger partial charge on any atom is -0.468 e. The number of hydrogen-bond donors (Lipinski definition) is 0. The minimum atomic E-state index is -4.71. The summed E-state index contributed by atoms with van der Waals surface area (Å²) in [4.78, 5) is 0. The van der Waals surface area contributed by atoms with Crippen LogP contribution >= 0.6 is 15.9 Å². The Morgan fingerprint density at radius 3 is 2.53 bits per heavy atom. The predicted octanol–water partition coefficient (Wildman–Crippen LogP) is 3.72. The summed E-state index contributed by atoms with van der Waals surface area (Å²) in [6, 6.07) is 3.91. The van der Waals surface area contributed by atoms with Crippen molar-refractivity contribution < 1.29 is 27.4 Å². The van der Waals surface area contributed by atoms with Crippen LogP contribution < -0.4 is 9.47 Å². The van der Waals surface area contributed by atoms with E-state index in [1.165, 1.54) is 18.2 Å². The molecule has 0 fully saturated rings. The van der Waals surface area contributed by atoms with Gasteiger partial charge in [0.25, 0.3) is 0 Å². The topological polar surface area (TPSA) is 27.7 Å². The Labute approximate surface area is 105 Å². The molecule has 0 spiro atoms. The Bertz CT molecular complexity index is 368. The van der Waals surface area contributed by atoms with E-state index in [4.69, 9.17) is 9.47 Å². The van der Waals surface area contributed by atoms with Gasteiger partial charge in [-0.2, -0.15) is 0 Å². The van der Waals surface area contributed by atoms with E-state index < -0.39 is 6.36 Å². The maximum Gasteiger partial charge on any atom is 0.573 e. The van der Waals surface area contributed by atoms with Crippen LogP contribution in [0, 0.1) is 0 Å². The quantitative estimate of drug-likeness (QED) is 0.612. The first kappa shape index (κ1) is 14.1. The second-order valence-corrected chi connectivity index (χ2v) is 3.75. The van der Waals surface area contributed by atoms with Gasteiger partial charge in [-0.05, 0) is 41.1 Å². The highest BCUT2D eigenvalue weighted by Crippen LogP contribution is 2.33. The summed E-state index contributed by atoms with van der Waals surface area (Å²) >= 11 is 2.96. The predicted molar refractivity (Wildman–Crippen MR) is 57.9 cm³/mol. The molecule has 0 N–H and O–H groups in total. The molecular formula is C10H10BrF3O3. The van der Waals surface area contributed by atoms with Gasteiger partial charge >= 0.3 is 6.36 Å². The lowest BCUT2D eigenvalue weighted by Gasteiger charge is -2.12. The molecule has 0 aliphatic carbocycles. The standard InChI is InChI=1S/C10H10BrF3O3/c1-2-15-6-16-7-3-4-9(8(11)5-7)17-10(12,13)14/h3-5H,2,6H2,1H3. The normalized spacial score (nSPS) is 11.4. The van der Waals surface area contributed by atoms with Crippen LogP contribution in [0.3, 0.4) is 0 Å². The highest BCUT2D eigenvalue weighted by Gasteiger charge is 2.31. The van der Waals surface area contributed by atoms with Gasteiger partial charge in [0.1, 0.15) is 11.5 Å². The summed E-state index contributed by atoms with van der Waals surface area (Å²) in [5, 5.41) is 0. The van der Waals surface area contributed by atoms with Crippen LogP contribution in [0.25, 0.3) is 0 Å². The van der Waals surface area contributed by atoms with Crippen LogP contribution in [0.15, 0.2) is 22.7 Å². The van der Waals surface area contributed by atoms with Gasteiger partial charge < -0.3 is 14.2 Å². The zero-order chi connectivity index (χ0) is 12.9. The van der Waals surface area contributed by atoms with Crippen molar-refractivity contribution in [1.29, 1.82) is 0 Å². The average molecular weight is 315 g/mol. The SMILES string of the molecule is CCOCOc1ccc(OC(F)(F)F)c(Br)c1. The number of alkyl halides is 3. The van der Waals surface area contributed by atoms with E-state index in [0.717, 1.165) is 0 Å². The molecule has 0 aliphatic heterocycles. The smallest absolute Gasteiger partial charge is 0.468 e. The summed E-state index contributed by atoms with van der Waals surface area (Å²) in [5.74, 6) is 0.0705. The van der Waals surface area contributed by atoms with Crippen molar-refractivity contribution in [2.24, 2.45) is 0 Å². The minimum absolute atomic E-state index is 0.0441. The fourth-order valence-electron chi connectivity index (χ4n) is 0.972. The van der Waals surface area contributed by atoms with Gasteiger partial charge in [0.2, 0.25) is 0 Å². The molecule has 1 aromatic carbocycles. The second kappa shape index (κ2) is 6.11. The van der Waals surface area contributed by atoms with Crippen LogP contribution in [0.4, 0.5) is 13.2 Å². The molecule has 96 valence electrons. The summed E-state index contributed by atoms with van der Waals surface area (Å²) in [5.41, 5.74) is 0. The summed E-state index contributed by atoms with van der Waals surface area (Å²) in [6.45, 7) is 2.35. The molecule has 0 aliphatic rings. The van der Waals surface area contributed by atoms with E-state index in [-0.39, 0.29) is 17.0 Å². The number of benzene rings is 1. The first-order valence-electron chi connectivity index (χ1n) is 4.68. The Morgan fingerprint density at radius 2 is 2.00 bits per heavy atom. The molecular weight excluding hydrogens is 305 g/mol. The molecule has 0 aromatic heterocycles. The number of halogens is 4. The van der Waals surface area contributed by atoms with Crippen molar-refractivity contribution >= 4 is 15.9 Å². The Morgan fingerprint density at radius 1 is 1.29 bits per heavy atom. The second-order valence-electron chi connectivity index (χ2n) is 2.90. The van der Waals surface area contributed by atoms with Gasteiger partial charge in [-0.3, -0.25) is 0 Å². The first-order chi connectivity index (χ1) is 7.92. The lowest BCUT2D eigenvalue weighted by molar-refractivity contribution is -0.274. The molecule has 1 aromatic rings. The van der Waals surface area contributed by atoms with Crippen LogP contribution in [0.5, 0.6) is 11.5 Å². The maximum absolute atomic E-state index is 12.0. The third-order valence-electron chi connectivity index (χ3n) is 1.64. The van der Waals surface area contributed by atoms with Gasteiger partial charge in [-0.25, -0.2) is 0 Å². The lowest BCUT2D eigenvalue weighted by atomic mass is 10.3. The van der Waals surface area contributed by atoms with Crippen molar-refractivity contribution in [1.82, 2.24) is 0 Å². The number of ether oxygens (including phenoxy) is 3. The van der Waals surface area contributed by atoms with Crippen LogP contribution in [-0.2, 0) is 4.74 Å². The molecule has 0 amide bonds. The van der Waals surface area contributed by atoms with E-state index in [2.05, 4.69) is 20.7 Å². The Kier molecular flexibility index (Phi) is 5.07. The maximum atomic E-state index is 12.0. The molecule has 0 saturated heterocycles. The average Bonchev–Trinajstić information content (AvgIpc) is 2.21. The zero-order valence-corrected chi connectivity index (χ0v) is 10.5. The Hall–Kier alpha value is -0.950. The fraction of sp³-hybridized carbons (Fsp3) is 0.400. The van der Waals surface area contributed by atoms with Gasteiger partial charge in [-0.15, -0.1) is 13.2 Å². The van der Waals surface area contributed by atoms with Crippen molar-refractivity contribution in [3.8, 4) is 11.5 Å². The summed E-state index contributed by atoms with van der Waals surface area (Å²) in [7, 11) is 0. The third kappa shape index (κ3) is 5.27. The Balaban J connectivity index is 2.66. The van der Waals surface area contributed by atoms with Gasteiger partial charge in [-0.1, -0.05) is 0 Å². The van der Waals surface area contributed by atoms with Gasteiger partial charge in [0.15, 0.2) is 6.79 Å². The lowest BCUT2D eigenvalue weighted by Crippen LogP contribution is -2.17. The van der Waals surface area contributed by atoms with Crippen LogP contribution in [0.1, 0.15) is 6.92 Å². The van der Waals surface area contributed by atoms with E-state index >= 15 is 0 Å². The van der Waals surface area contributed by atoms with E-state index in [0.29, 0.717) is 12.4 Å². The number of hydrogen-bond acceptors (Lipinski definition) is 3. The van der Waals surface area contributed by atoms with Crippen molar-refractivity contribution in [2.45, 2.75) is 13.3 Å². The number of rotatable bonds is 5. The monoisotopic (exact) mass is 314 g/mol. The molecule has 0 saturated carbocycles. The van der Waals surface area contributed by atoms with Gasteiger partial charge in [0.05, 0.1) is 4.47 Å². The highest BCUT2D eigenvalue weighted by molar-refractivity contribution is 9.10. The van der Waals surface area contributed by atoms with Crippen molar-refractivity contribution in [3.63, 3.8) is 0 Å². The van der Waals surface area contributed by atoms with E-state index in [1.54, 1.807) is 6.92 Å². The molecule has 0 unspecified atom stereocenters. The fourth-order valence-corrected chi connectivity index (χ4v) is 1.41. The summed E-state index contributed by atoms with van der Waals surface area (Å²) < 4.78 is 49.9. The molecule has 17 heavy (non-hydrogen) atoms.